The van der Waals surface area contributed by atoms with E-state index in [2.05, 4.69) is 57.1 Å². The van der Waals surface area contributed by atoms with Crippen molar-refractivity contribution in [1.29, 1.82) is 0 Å². The van der Waals surface area contributed by atoms with Gasteiger partial charge in [0.25, 0.3) is 0 Å². The van der Waals surface area contributed by atoms with Crippen LogP contribution in [0.25, 0.3) is 0 Å². The number of carbonyl (C=O) groups excluding carboxylic acids is 1. The highest BCUT2D eigenvalue weighted by molar-refractivity contribution is 5.95. The number of imidazole rings is 1. The Morgan fingerprint density at radius 2 is 1.87 bits per heavy atom. The molecule has 0 bridgehead atoms. The molecule has 6 aliphatic rings. The van der Waals surface area contributed by atoms with Crippen LogP contribution in [0, 0.1) is 46.3 Å². The molecular formula is C39H53BrN2O4. The number of aromatic nitrogens is 2. The molecule has 250 valence electrons. The van der Waals surface area contributed by atoms with E-state index < -0.39 is 0 Å². The highest BCUT2D eigenvalue weighted by Crippen LogP contribution is 2.70. The monoisotopic (exact) mass is 692 g/mol. The minimum Gasteiger partial charge on any atom is -1.00 e. The summed E-state index contributed by atoms with van der Waals surface area (Å²) in [5.41, 5.74) is 3.09. The number of hydrogen-bond donors (Lipinski definition) is 0. The van der Waals surface area contributed by atoms with Crippen molar-refractivity contribution < 1.29 is 40.6 Å². The van der Waals surface area contributed by atoms with Gasteiger partial charge in [-0.2, -0.15) is 0 Å². The van der Waals surface area contributed by atoms with E-state index in [-0.39, 0.29) is 28.6 Å². The zero-order valence-electron chi connectivity index (χ0n) is 28.4. The number of fused-ring (bicyclic) bond motifs is 7. The van der Waals surface area contributed by atoms with Crippen molar-refractivity contribution in [3.8, 4) is 5.75 Å². The fraction of sp³-hybridized carbons (Fsp3) is 0.692. The Morgan fingerprint density at radius 3 is 2.61 bits per heavy atom. The topological polar surface area (TPSA) is 53.6 Å². The van der Waals surface area contributed by atoms with Crippen molar-refractivity contribution in [3.05, 3.63) is 60.2 Å². The molecule has 0 unspecified atom stereocenters. The molecule has 2 aromatic rings. The Hall–Kier alpha value is -1.96. The van der Waals surface area contributed by atoms with Crippen LogP contribution in [0.2, 0.25) is 0 Å². The lowest BCUT2D eigenvalue weighted by molar-refractivity contribution is -0.682. The van der Waals surface area contributed by atoms with Crippen molar-refractivity contribution in [2.45, 2.75) is 110 Å². The molecule has 0 radical (unpaired) electrons. The van der Waals surface area contributed by atoms with Crippen LogP contribution >= 0.6 is 0 Å². The fourth-order valence-corrected chi connectivity index (χ4v) is 11.7. The standard InChI is InChI=1S/C39H53N2O4.BrH/c1-25-12-17-39(44-23-25)26(2)36-35(45-39)21-33-31-11-8-28-20-29(13-15-37(28,3)32(31)14-16-38(33,36)4)41-19-18-40(24-41)22-34(42)27-6-9-30(43-5)10-7-27;/h6-10,18-19,24-26,29,31-33,35-36H,11-17,20-23H2,1-5H3;1H/q+1;/p-1/t25-,26+,29+,31-,32+,33+,35+,36+,37+,38+,39-;/m1./s1. The number of methoxy groups -OCH3 is 1. The van der Waals surface area contributed by atoms with E-state index in [1.54, 1.807) is 12.7 Å². The molecule has 6 nitrogen and oxygen atoms in total. The van der Waals surface area contributed by atoms with E-state index in [1.165, 1.54) is 44.9 Å². The highest BCUT2D eigenvalue weighted by Gasteiger charge is 2.68. The average molecular weight is 694 g/mol. The smallest absolute Gasteiger partial charge is 0.244 e. The van der Waals surface area contributed by atoms with Gasteiger partial charge in [0.2, 0.25) is 12.1 Å². The van der Waals surface area contributed by atoms with E-state index >= 15 is 0 Å². The van der Waals surface area contributed by atoms with E-state index in [0.717, 1.165) is 48.5 Å². The summed E-state index contributed by atoms with van der Waals surface area (Å²) in [6.07, 6.45) is 20.5. The lowest BCUT2D eigenvalue weighted by Crippen LogP contribution is -3.00. The summed E-state index contributed by atoms with van der Waals surface area (Å²) < 4.78 is 23.2. The van der Waals surface area contributed by atoms with Gasteiger partial charge in [-0.1, -0.05) is 39.3 Å². The van der Waals surface area contributed by atoms with Crippen LogP contribution in [-0.2, 0) is 16.0 Å². The highest BCUT2D eigenvalue weighted by atomic mass is 79.9. The van der Waals surface area contributed by atoms with Crippen LogP contribution in [0.3, 0.4) is 0 Å². The SMILES string of the molecule is COc1ccc(C(=O)C[n+]2ccn([C@H]3CC[C@@]4(C)C(=CC[C@H]5[C@@H]6C[C@@H]7O[C@]8(CC[C@@H](C)CO8)[C@@H](C)[C@@H]7[C@@]6(C)CC[C@@H]54)C3)c2)cc1.[Br-]. The fourth-order valence-electron chi connectivity index (χ4n) is 11.7. The maximum absolute atomic E-state index is 12.9. The number of hydrogen-bond acceptors (Lipinski definition) is 4. The summed E-state index contributed by atoms with van der Waals surface area (Å²) in [6, 6.07) is 7.87. The Balaban J connectivity index is 0.00000338. The van der Waals surface area contributed by atoms with E-state index in [4.69, 9.17) is 14.2 Å². The molecule has 11 atom stereocenters. The molecular weight excluding hydrogens is 640 g/mol. The maximum atomic E-state index is 12.9. The van der Waals surface area contributed by atoms with E-state index in [1.807, 2.05) is 28.8 Å². The van der Waals surface area contributed by atoms with Crippen molar-refractivity contribution in [2.75, 3.05) is 13.7 Å². The number of halogens is 1. The second-order valence-electron chi connectivity index (χ2n) is 16.4. The number of allylic oxidation sites excluding steroid dienone is 2. The molecule has 7 heteroatoms. The molecule has 0 amide bonds. The summed E-state index contributed by atoms with van der Waals surface area (Å²) in [4.78, 5) is 12.9. The lowest BCUT2D eigenvalue weighted by atomic mass is 9.46. The number of benzene rings is 1. The van der Waals surface area contributed by atoms with Gasteiger partial charge < -0.3 is 31.2 Å². The number of Topliss-reactive ketones (excluding diaryl/α,β-unsaturated/α-hetero) is 1. The van der Waals surface area contributed by atoms with Crippen molar-refractivity contribution in [1.82, 2.24) is 4.57 Å². The molecule has 1 aromatic carbocycles. The first kappa shape index (κ1) is 32.6. The normalized spacial score (nSPS) is 42.7. The first-order valence-electron chi connectivity index (χ1n) is 17.9. The predicted molar refractivity (Wildman–Crippen MR) is 173 cm³/mol. The quantitative estimate of drug-likeness (QED) is 0.262. The molecule has 1 aromatic heterocycles. The van der Waals surface area contributed by atoms with Crippen LogP contribution in [0.4, 0.5) is 0 Å². The largest absolute Gasteiger partial charge is 1.00 e. The summed E-state index contributed by atoms with van der Waals surface area (Å²) in [7, 11) is 1.65. The molecule has 1 spiro atoms. The average Bonchev–Trinajstić information content (AvgIpc) is 3.70. The molecule has 5 fully saturated rings. The van der Waals surface area contributed by atoms with Crippen LogP contribution in [-0.4, -0.2) is 36.0 Å². The van der Waals surface area contributed by atoms with E-state index in [9.17, 15) is 4.79 Å². The summed E-state index contributed by atoms with van der Waals surface area (Å²) in [5.74, 6) is 4.64. The van der Waals surface area contributed by atoms with Gasteiger partial charge in [-0.15, -0.1) is 0 Å². The molecule has 3 heterocycles. The molecule has 3 saturated carbocycles. The van der Waals surface area contributed by atoms with E-state index in [0.29, 0.717) is 47.3 Å². The van der Waals surface area contributed by atoms with Gasteiger partial charge in [0.05, 0.1) is 19.8 Å². The van der Waals surface area contributed by atoms with Gasteiger partial charge in [0.1, 0.15) is 24.2 Å². The zero-order valence-corrected chi connectivity index (χ0v) is 30.0. The Kier molecular flexibility index (Phi) is 8.41. The minimum absolute atomic E-state index is 0. The van der Waals surface area contributed by atoms with Gasteiger partial charge in [-0.25, -0.2) is 9.13 Å². The van der Waals surface area contributed by atoms with Gasteiger partial charge in [0.15, 0.2) is 12.3 Å². The number of nitrogens with zero attached hydrogens (tertiary/aromatic N) is 2. The molecule has 46 heavy (non-hydrogen) atoms. The second kappa shape index (κ2) is 11.9. The number of ketones is 1. The third kappa shape index (κ3) is 5.00. The van der Waals surface area contributed by atoms with Crippen LogP contribution in [0.5, 0.6) is 5.75 Å². The van der Waals surface area contributed by atoms with Gasteiger partial charge in [-0.3, -0.25) is 4.79 Å². The van der Waals surface area contributed by atoms with Crippen molar-refractivity contribution >= 4 is 5.78 Å². The van der Waals surface area contributed by atoms with Crippen molar-refractivity contribution in [3.63, 3.8) is 0 Å². The van der Waals surface area contributed by atoms with Crippen LogP contribution in [0.1, 0.15) is 102 Å². The molecule has 2 aliphatic heterocycles. The Bertz CT molecular complexity index is 1480. The van der Waals surface area contributed by atoms with Gasteiger partial charge in [0, 0.05) is 24.3 Å². The summed E-state index contributed by atoms with van der Waals surface area (Å²) in [5, 5.41) is 0. The molecule has 2 saturated heterocycles. The second-order valence-corrected chi connectivity index (χ2v) is 16.4. The first-order valence-corrected chi connectivity index (χ1v) is 17.9. The maximum Gasteiger partial charge on any atom is 0.244 e. The van der Waals surface area contributed by atoms with Crippen LogP contribution < -0.4 is 26.3 Å². The molecule has 4 aliphatic carbocycles. The van der Waals surface area contributed by atoms with Gasteiger partial charge >= 0.3 is 0 Å². The molecule has 8 rings (SSSR count). The third-order valence-electron chi connectivity index (χ3n) is 14.2. The van der Waals surface area contributed by atoms with Gasteiger partial charge in [-0.05, 0) is 110 Å². The molecule has 0 N–H and O–H groups in total. The summed E-state index contributed by atoms with van der Waals surface area (Å²) >= 11 is 0. The first-order chi connectivity index (χ1) is 21.6. The number of ether oxygens (including phenoxy) is 3. The zero-order chi connectivity index (χ0) is 31.1. The predicted octanol–water partition coefficient (Wildman–Crippen LogP) is 4.58. The third-order valence-corrected chi connectivity index (χ3v) is 14.2. The minimum atomic E-state index is -0.323. The Labute approximate surface area is 286 Å². The number of rotatable bonds is 5. The summed E-state index contributed by atoms with van der Waals surface area (Å²) in [6.45, 7) is 11.2. The number of carbonyl (C=O) groups is 1. The van der Waals surface area contributed by atoms with Crippen molar-refractivity contribution in [2.24, 2.45) is 46.3 Å². The Morgan fingerprint density at radius 1 is 1.07 bits per heavy atom. The van der Waals surface area contributed by atoms with Crippen LogP contribution in [0.15, 0.2) is 54.6 Å². The lowest BCUT2D eigenvalue weighted by Gasteiger charge is -2.58.